The molecule has 1 aliphatic heterocycles. The van der Waals surface area contributed by atoms with Gasteiger partial charge in [-0.3, -0.25) is 4.90 Å². The van der Waals surface area contributed by atoms with Gasteiger partial charge in [-0.1, -0.05) is 38.7 Å². The van der Waals surface area contributed by atoms with Crippen molar-refractivity contribution >= 4 is 13.4 Å². The summed E-state index contributed by atoms with van der Waals surface area (Å²) >= 11 is 0. The van der Waals surface area contributed by atoms with Gasteiger partial charge in [0.25, 0.3) is 0 Å². The first kappa shape index (κ1) is 12.7. The van der Waals surface area contributed by atoms with Gasteiger partial charge < -0.3 is 10.3 Å². The molecule has 0 bridgehead atoms. The van der Waals surface area contributed by atoms with Crippen molar-refractivity contribution in [3.8, 4) is 0 Å². The average molecular weight is 192 g/mol. The molecule has 0 amide bonds. The predicted molar refractivity (Wildman–Crippen MR) is 63.0 cm³/mol. The summed E-state index contributed by atoms with van der Waals surface area (Å²) in [6, 6.07) is 0. The van der Waals surface area contributed by atoms with Crippen LogP contribution in [0, 0.1) is 0 Å². The Hall–Kier alpha value is -1.29. The minimum absolute atomic E-state index is 0.748. The van der Waals surface area contributed by atoms with Gasteiger partial charge in [-0.05, 0) is 12.4 Å². The first-order valence-electron chi connectivity index (χ1n) is 4.72. The molecule has 0 spiro atoms. The van der Waals surface area contributed by atoms with Gasteiger partial charge in [-0.25, -0.2) is 0 Å². The fraction of sp³-hybridized carbons (Fsp3) is 0.300. The third kappa shape index (κ3) is 3.62. The summed E-state index contributed by atoms with van der Waals surface area (Å²) < 4.78 is 0. The van der Waals surface area contributed by atoms with Gasteiger partial charge >= 0.3 is 7.05 Å². The summed E-state index contributed by atoms with van der Waals surface area (Å²) in [4.78, 5) is 3.79. The van der Waals surface area contributed by atoms with E-state index in [4.69, 9.17) is 0 Å². The van der Waals surface area contributed by atoms with Crippen LogP contribution in [0.25, 0.3) is 0 Å². The molecule has 0 unspecified atom stereocenters. The van der Waals surface area contributed by atoms with E-state index in [0.717, 1.165) is 11.2 Å². The number of hydrogen-bond acceptors (Lipinski definition) is 3. The number of nitrogens with one attached hydrogen (secondary N) is 1. The normalized spacial score (nSPS) is 15.0. The number of allylic oxidation sites excluding steroid dienone is 5. The van der Waals surface area contributed by atoms with E-state index in [1.165, 1.54) is 6.34 Å². The second-order valence-corrected chi connectivity index (χ2v) is 2.47. The Bertz CT molecular complexity index is 269. The number of nitrogens with zero attached hydrogens (tertiary/aromatic N) is 1. The molecule has 0 saturated heterocycles. The highest BCUT2D eigenvalue weighted by molar-refractivity contribution is 6.59. The molecule has 0 aromatic rings. The second-order valence-electron chi connectivity index (χ2n) is 2.47. The van der Waals surface area contributed by atoms with Crippen LogP contribution in [-0.4, -0.2) is 18.4 Å². The van der Waals surface area contributed by atoms with Crippen LogP contribution in [-0.2, 0) is 0 Å². The molecule has 1 aliphatic rings. The van der Waals surface area contributed by atoms with Crippen molar-refractivity contribution in [3.63, 3.8) is 0 Å². The molecule has 1 heterocycles. The molecular weight excluding hydrogens is 175 g/mol. The Morgan fingerprint density at radius 1 is 1.57 bits per heavy atom. The van der Waals surface area contributed by atoms with Gasteiger partial charge in [0, 0.05) is 5.70 Å². The Morgan fingerprint density at radius 3 is 2.71 bits per heavy atom. The lowest BCUT2D eigenvalue weighted by Gasteiger charge is -2.12. The summed E-state index contributed by atoms with van der Waals surface area (Å²) in [5.41, 5.74) is 1.69. The van der Waals surface area contributed by atoms with Crippen LogP contribution in [0.4, 0.5) is 0 Å². The highest BCUT2D eigenvalue weighted by atomic mass is 16.2. The standard InChI is InChI=1S/C8H11BN2O.C2H6/c1-3-4-5-8-7(2)10-6-11-9(8)12;1-2/h3-6,12H,1H2,2H3,(H,10,11);1-2H3/b5-4-;. The van der Waals surface area contributed by atoms with Crippen LogP contribution >= 0.6 is 0 Å². The quantitative estimate of drug-likeness (QED) is 0.516. The maximum atomic E-state index is 9.38. The minimum atomic E-state index is -0.748. The second kappa shape index (κ2) is 7.15. The lowest BCUT2D eigenvalue weighted by molar-refractivity contribution is 0.582. The van der Waals surface area contributed by atoms with E-state index in [2.05, 4.69) is 16.8 Å². The molecule has 0 radical (unpaired) electrons. The van der Waals surface area contributed by atoms with Crippen LogP contribution in [0.5, 0.6) is 0 Å². The van der Waals surface area contributed by atoms with Gasteiger partial charge in [0.2, 0.25) is 0 Å². The Labute approximate surface area is 86.1 Å². The zero-order valence-corrected chi connectivity index (χ0v) is 8.99. The zero-order chi connectivity index (χ0) is 11.0. The van der Waals surface area contributed by atoms with E-state index in [1.54, 1.807) is 18.2 Å². The molecule has 0 aromatic carbocycles. The highest BCUT2D eigenvalue weighted by Crippen LogP contribution is 2.09. The molecule has 0 aromatic heterocycles. The van der Waals surface area contributed by atoms with Crippen molar-refractivity contribution in [2.75, 3.05) is 0 Å². The van der Waals surface area contributed by atoms with Gasteiger partial charge in [-0.2, -0.15) is 0 Å². The summed E-state index contributed by atoms with van der Waals surface area (Å²) in [6.45, 7) is 9.43. The predicted octanol–water partition coefficient (Wildman–Crippen LogP) is 1.68. The van der Waals surface area contributed by atoms with Crippen molar-refractivity contribution in [3.05, 3.63) is 36.0 Å². The first-order chi connectivity index (χ1) is 6.75. The van der Waals surface area contributed by atoms with Crippen LogP contribution in [0.15, 0.2) is 40.9 Å². The molecule has 0 fully saturated rings. The van der Waals surface area contributed by atoms with Crippen molar-refractivity contribution in [2.45, 2.75) is 20.8 Å². The molecule has 2 N–H and O–H groups in total. The molecule has 0 aliphatic carbocycles. The maximum absolute atomic E-state index is 9.38. The molecule has 0 atom stereocenters. The lowest BCUT2D eigenvalue weighted by atomic mass is 9.72. The highest BCUT2D eigenvalue weighted by Gasteiger charge is 2.18. The fourth-order valence-electron chi connectivity index (χ4n) is 0.945. The van der Waals surface area contributed by atoms with Crippen molar-refractivity contribution in [2.24, 2.45) is 4.90 Å². The monoisotopic (exact) mass is 192 g/mol. The van der Waals surface area contributed by atoms with Crippen LogP contribution in [0.1, 0.15) is 20.8 Å². The molecule has 76 valence electrons. The van der Waals surface area contributed by atoms with E-state index >= 15 is 0 Å². The third-order valence-corrected chi connectivity index (χ3v) is 1.62. The zero-order valence-electron chi connectivity index (χ0n) is 8.99. The fourth-order valence-corrected chi connectivity index (χ4v) is 0.945. The van der Waals surface area contributed by atoms with Crippen molar-refractivity contribution in [1.29, 1.82) is 0 Å². The summed E-state index contributed by atoms with van der Waals surface area (Å²) in [5, 5.41) is 12.3. The topological polar surface area (TPSA) is 44.6 Å². The van der Waals surface area contributed by atoms with Crippen LogP contribution < -0.4 is 5.32 Å². The van der Waals surface area contributed by atoms with E-state index < -0.39 is 7.05 Å². The number of rotatable bonds is 2. The van der Waals surface area contributed by atoms with E-state index in [1.807, 2.05) is 20.8 Å². The lowest BCUT2D eigenvalue weighted by Crippen LogP contribution is -2.26. The number of hydrogen-bond donors (Lipinski definition) is 2. The molecule has 14 heavy (non-hydrogen) atoms. The molecule has 4 heteroatoms. The van der Waals surface area contributed by atoms with Crippen molar-refractivity contribution in [1.82, 2.24) is 5.32 Å². The summed E-state index contributed by atoms with van der Waals surface area (Å²) in [6.07, 6.45) is 6.71. The smallest absolute Gasteiger partial charge is 0.427 e. The maximum Gasteiger partial charge on any atom is 0.470 e. The van der Waals surface area contributed by atoms with Crippen LogP contribution in [0.3, 0.4) is 0 Å². The third-order valence-electron chi connectivity index (χ3n) is 1.62. The SMILES string of the molecule is C=C/C=C\C1=C(C)NC=NB1O.CC. The summed E-state index contributed by atoms with van der Waals surface area (Å²) in [5.74, 6) is 0. The largest absolute Gasteiger partial charge is 0.470 e. The van der Waals surface area contributed by atoms with Gasteiger partial charge in [-0.15, -0.1) is 0 Å². The van der Waals surface area contributed by atoms with E-state index in [9.17, 15) is 5.02 Å². The molecule has 0 saturated carbocycles. The molecule has 1 rings (SSSR count). The minimum Gasteiger partial charge on any atom is -0.427 e. The Morgan fingerprint density at radius 2 is 2.21 bits per heavy atom. The van der Waals surface area contributed by atoms with Gasteiger partial charge in [0.05, 0.1) is 6.34 Å². The molecular formula is C10H17BN2O. The summed E-state index contributed by atoms with van der Waals surface area (Å²) in [7, 11) is -0.748. The van der Waals surface area contributed by atoms with E-state index in [0.29, 0.717) is 0 Å². The first-order valence-corrected chi connectivity index (χ1v) is 4.72. The molecule has 3 nitrogen and oxygen atoms in total. The Balaban J connectivity index is 0.000000791. The van der Waals surface area contributed by atoms with Crippen molar-refractivity contribution < 1.29 is 5.02 Å². The van der Waals surface area contributed by atoms with Crippen LogP contribution in [0.2, 0.25) is 0 Å². The van der Waals surface area contributed by atoms with E-state index in [-0.39, 0.29) is 0 Å². The van der Waals surface area contributed by atoms with Gasteiger partial charge in [0.15, 0.2) is 0 Å². The Kier molecular flexibility index (Phi) is 6.49. The van der Waals surface area contributed by atoms with Gasteiger partial charge in [0.1, 0.15) is 0 Å². The average Bonchev–Trinajstić information content (AvgIpc) is 2.20.